The van der Waals surface area contributed by atoms with Gasteiger partial charge in [0.15, 0.2) is 0 Å². The smallest absolute Gasteiger partial charge is 0.141 e. The normalized spacial score (nSPS) is 12.0. The molecule has 24 heavy (non-hydrogen) atoms. The summed E-state index contributed by atoms with van der Waals surface area (Å²) < 4.78 is 10.6. The molecule has 0 radical (unpaired) electrons. The Kier molecular flexibility index (Phi) is 4.47. The van der Waals surface area contributed by atoms with Crippen molar-refractivity contribution in [2.75, 3.05) is 7.11 Å². The average Bonchev–Trinajstić information content (AvgIpc) is 2.98. The highest BCUT2D eigenvalue weighted by atomic mass is 16.5. The van der Waals surface area contributed by atoms with E-state index in [2.05, 4.69) is 5.16 Å². The van der Waals surface area contributed by atoms with Crippen molar-refractivity contribution in [3.8, 4) is 17.0 Å². The highest BCUT2D eigenvalue weighted by molar-refractivity contribution is 5.89. The summed E-state index contributed by atoms with van der Waals surface area (Å²) in [5, 5.41) is 4.20. The second-order valence-electron chi connectivity index (χ2n) is 5.68. The van der Waals surface area contributed by atoms with Crippen LogP contribution in [0.1, 0.15) is 29.7 Å². The molecule has 4 nitrogen and oxygen atoms in total. The molecular formula is C20H19NO3. The van der Waals surface area contributed by atoms with E-state index in [0.717, 1.165) is 22.4 Å². The summed E-state index contributed by atoms with van der Waals surface area (Å²) in [4.78, 5) is 12.4. The number of ether oxygens (including phenoxy) is 1. The van der Waals surface area contributed by atoms with Crippen LogP contribution >= 0.6 is 0 Å². The summed E-state index contributed by atoms with van der Waals surface area (Å²) >= 11 is 0. The van der Waals surface area contributed by atoms with Gasteiger partial charge in [0.2, 0.25) is 0 Å². The number of hydrogen-bond acceptors (Lipinski definition) is 4. The van der Waals surface area contributed by atoms with E-state index in [0.29, 0.717) is 11.5 Å². The van der Waals surface area contributed by atoms with Crippen LogP contribution in [0.2, 0.25) is 0 Å². The number of carbonyl (C=O) groups excluding carboxylic acids is 1. The number of aromatic nitrogens is 1. The van der Waals surface area contributed by atoms with Crippen molar-refractivity contribution in [3.63, 3.8) is 0 Å². The van der Waals surface area contributed by atoms with Gasteiger partial charge in [0.05, 0.1) is 13.0 Å². The van der Waals surface area contributed by atoms with Crippen molar-refractivity contribution in [2.45, 2.75) is 19.8 Å². The third-order valence-electron chi connectivity index (χ3n) is 4.10. The monoisotopic (exact) mass is 321 g/mol. The summed E-state index contributed by atoms with van der Waals surface area (Å²) in [6, 6.07) is 17.3. The van der Waals surface area contributed by atoms with E-state index in [4.69, 9.17) is 9.26 Å². The van der Waals surface area contributed by atoms with Crippen molar-refractivity contribution >= 4 is 5.78 Å². The lowest BCUT2D eigenvalue weighted by Gasteiger charge is -2.15. The van der Waals surface area contributed by atoms with Crippen LogP contribution in [0.5, 0.6) is 5.75 Å². The van der Waals surface area contributed by atoms with Crippen LogP contribution in [0.3, 0.4) is 0 Å². The Morgan fingerprint density at radius 2 is 1.75 bits per heavy atom. The van der Waals surface area contributed by atoms with Gasteiger partial charge in [0, 0.05) is 11.1 Å². The number of rotatable bonds is 5. The first kappa shape index (κ1) is 16.0. The molecule has 4 heteroatoms. The van der Waals surface area contributed by atoms with Gasteiger partial charge in [-0.05, 0) is 31.5 Å². The van der Waals surface area contributed by atoms with E-state index >= 15 is 0 Å². The fraction of sp³-hybridized carbons (Fsp3) is 0.200. The topological polar surface area (TPSA) is 52.3 Å². The summed E-state index contributed by atoms with van der Waals surface area (Å²) in [5.41, 5.74) is 3.36. The third kappa shape index (κ3) is 2.95. The molecule has 3 aromatic rings. The average molecular weight is 321 g/mol. The molecule has 0 bridgehead atoms. The Morgan fingerprint density at radius 3 is 2.33 bits per heavy atom. The van der Waals surface area contributed by atoms with Gasteiger partial charge in [0.25, 0.3) is 0 Å². The Hall–Kier alpha value is -2.88. The second kappa shape index (κ2) is 6.71. The van der Waals surface area contributed by atoms with Gasteiger partial charge in [-0.1, -0.05) is 47.6 Å². The predicted octanol–water partition coefficient (Wildman–Crippen LogP) is 4.38. The Balaban J connectivity index is 2.13. The van der Waals surface area contributed by atoms with Crippen LogP contribution in [0.4, 0.5) is 0 Å². The fourth-order valence-corrected chi connectivity index (χ4v) is 2.92. The molecule has 3 rings (SSSR count). The largest absolute Gasteiger partial charge is 0.497 e. The third-order valence-corrected chi connectivity index (χ3v) is 4.10. The maximum Gasteiger partial charge on any atom is 0.141 e. The molecular weight excluding hydrogens is 302 g/mol. The number of ketones is 1. The van der Waals surface area contributed by atoms with E-state index in [1.165, 1.54) is 0 Å². The van der Waals surface area contributed by atoms with Gasteiger partial charge in [-0.2, -0.15) is 0 Å². The molecule has 122 valence electrons. The quantitative estimate of drug-likeness (QED) is 0.700. The summed E-state index contributed by atoms with van der Waals surface area (Å²) in [6.45, 7) is 3.43. The van der Waals surface area contributed by atoms with Crippen molar-refractivity contribution in [2.24, 2.45) is 0 Å². The number of nitrogens with zero attached hydrogens (tertiary/aromatic N) is 1. The van der Waals surface area contributed by atoms with Crippen LogP contribution in [-0.2, 0) is 4.79 Å². The molecule has 1 aromatic heterocycles. The standard InChI is InChI=1S/C20H19NO3/c1-13(22)18(15-9-11-17(23-3)12-10-15)19-14(2)24-21-20(19)16-7-5-4-6-8-16/h4-12,18H,1-3H3. The molecule has 2 aromatic carbocycles. The summed E-state index contributed by atoms with van der Waals surface area (Å²) in [6.07, 6.45) is 0. The van der Waals surface area contributed by atoms with E-state index in [-0.39, 0.29) is 5.78 Å². The minimum Gasteiger partial charge on any atom is -0.497 e. The maximum atomic E-state index is 12.4. The molecule has 1 atom stereocenters. The van der Waals surface area contributed by atoms with Gasteiger partial charge in [-0.3, -0.25) is 4.79 Å². The van der Waals surface area contributed by atoms with Gasteiger partial charge in [-0.25, -0.2) is 0 Å². The molecule has 1 unspecified atom stereocenters. The van der Waals surface area contributed by atoms with Gasteiger partial charge in [-0.15, -0.1) is 0 Å². The Labute approximate surface area is 141 Å². The Morgan fingerprint density at radius 1 is 1.08 bits per heavy atom. The zero-order chi connectivity index (χ0) is 17.1. The SMILES string of the molecule is COc1ccc(C(C(C)=O)c2c(-c3ccccc3)noc2C)cc1. The minimum absolute atomic E-state index is 0.0450. The first-order valence-electron chi connectivity index (χ1n) is 7.77. The molecule has 0 N–H and O–H groups in total. The van der Waals surface area contributed by atoms with E-state index < -0.39 is 5.92 Å². The van der Waals surface area contributed by atoms with Crippen LogP contribution in [0.25, 0.3) is 11.3 Å². The molecule has 0 aliphatic rings. The molecule has 0 spiro atoms. The summed E-state index contributed by atoms with van der Waals surface area (Å²) in [7, 11) is 1.62. The molecule has 0 aliphatic heterocycles. The zero-order valence-corrected chi connectivity index (χ0v) is 13.9. The van der Waals surface area contributed by atoms with Crippen molar-refractivity contribution in [3.05, 3.63) is 71.5 Å². The van der Waals surface area contributed by atoms with Crippen molar-refractivity contribution in [1.82, 2.24) is 5.16 Å². The van der Waals surface area contributed by atoms with Crippen LogP contribution in [0, 0.1) is 6.92 Å². The molecule has 0 saturated carbocycles. The van der Waals surface area contributed by atoms with Gasteiger partial charge in [0.1, 0.15) is 23.0 Å². The van der Waals surface area contributed by atoms with E-state index in [1.54, 1.807) is 14.0 Å². The van der Waals surface area contributed by atoms with Gasteiger partial charge >= 0.3 is 0 Å². The number of Topliss-reactive ketones (excluding diaryl/α,β-unsaturated/α-hetero) is 1. The van der Waals surface area contributed by atoms with Crippen molar-refractivity contribution in [1.29, 1.82) is 0 Å². The minimum atomic E-state index is -0.419. The maximum absolute atomic E-state index is 12.4. The van der Waals surface area contributed by atoms with E-state index in [9.17, 15) is 4.79 Å². The Bertz CT molecular complexity index is 835. The highest BCUT2D eigenvalue weighted by Crippen LogP contribution is 2.36. The molecule has 0 amide bonds. The molecule has 1 heterocycles. The second-order valence-corrected chi connectivity index (χ2v) is 5.68. The first-order valence-corrected chi connectivity index (χ1v) is 7.77. The molecule has 0 saturated heterocycles. The van der Waals surface area contributed by atoms with Gasteiger partial charge < -0.3 is 9.26 Å². The van der Waals surface area contributed by atoms with E-state index in [1.807, 2.05) is 61.5 Å². The van der Waals surface area contributed by atoms with Crippen LogP contribution in [-0.4, -0.2) is 18.0 Å². The molecule has 0 aliphatic carbocycles. The van der Waals surface area contributed by atoms with Crippen molar-refractivity contribution < 1.29 is 14.1 Å². The number of aryl methyl sites for hydroxylation is 1. The highest BCUT2D eigenvalue weighted by Gasteiger charge is 2.28. The number of hydrogen-bond donors (Lipinski definition) is 0. The predicted molar refractivity (Wildman–Crippen MR) is 92.2 cm³/mol. The fourth-order valence-electron chi connectivity index (χ4n) is 2.92. The number of carbonyl (C=O) groups is 1. The summed E-state index contributed by atoms with van der Waals surface area (Å²) in [5.74, 6) is 1.04. The molecule has 0 fully saturated rings. The lowest BCUT2D eigenvalue weighted by molar-refractivity contribution is -0.117. The number of methoxy groups -OCH3 is 1. The first-order chi connectivity index (χ1) is 11.6. The number of benzene rings is 2. The zero-order valence-electron chi connectivity index (χ0n) is 13.9. The lowest BCUT2D eigenvalue weighted by atomic mass is 9.85. The lowest BCUT2D eigenvalue weighted by Crippen LogP contribution is -2.12. The van der Waals surface area contributed by atoms with Crippen LogP contribution in [0.15, 0.2) is 59.1 Å². The van der Waals surface area contributed by atoms with Crippen LogP contribution < -0.4 is 4.74 Å².